The molecule has 0 spiro atoms. The number of carbonyl (C=O) groups excluding carboxylic acids is 1. The summed E-state index contributed by atoms with van der Waals surface area (Å²) in [6.45, 7) is 7.93. The van der Waals surface area contributed by atoms with Gasteiger partial charge in [-0.15, -0.1) is 0 Å². The van der Waals surface area contributed by atoms with Gasteiger partial charge in [0.15, 0.2) is 5.96 Å². The highest BCUT2D eigenvalue weighted by Gasteiger charge is 2.37. The van der Waals surface area contributed by atoms with Gasteiger partial charge in [-0.25, -0.2) is 0 Å². The first-order valence-electron chi connectivity index (χ1n) is 7.69. The van der Waals surface area contributed by atoms with E-state index >= 15 is 0 Å². The number of esters is 1. The summed E-state index contributed by atoms with van der Waals surface area (Å²) in [5, 5.41) is 3.37. The summed E-state index contributed by atoms with van der Waals surface area (Å²) in [5.74, 6) is 0.987. The quantitative estimate of drug-likeness (QED) is 0.483. The molecule has 1 aliphatic carbocycles. The van der Waals surface area contributed by atoms with Gasteiger partial charge in [-0.05, 0) is 38.0 Å². The second kappa shape index (κ2) is 6.46. The van der Waals surface area contributed by atoms with Crippen molar-refractivity contribution in [2.75, 3.05) is 33.3 Å². The largest absolute Gasteiger partial charge is 0.469 e. The molecular formula is C15H27N3O2. The van der Waals surface area contributed by atoms with Crippen LogP contribution in [0.25, 0.3) is 0 Å². The van der Waals surface area contributed by atoms with Crippen molar-refractivity contribution in [2.45, 2.75) is 39.5 Å². The van der Waals surface area contributed by atoms with Crippen LogP contribution in [0, 0.1) is 11.3 Å². The van der Waals surface area contributed by atoms with E-state index in [9.17, 15) is 4.79 Å². The Kier molecular flexibility index (Phi) is 4.89. The van der Waals surface area contributed by atoms with Gasteiger partial charge in [-0.2, -0.15) is 0 Å². The highest BCUT2D eigenvalue weighted by molar-refractivity contribution is 5.80. The summed E-state index contributed by atoms with van der Waals surface area (Å²) in [5.41, 5.74) is 0.436. The number of methoxy groups -OCH3 is 1. The van der Waals surface area contributed by atoms with Crippen molar-refractivity contribution in [1.29, 1.82) is 0 Å². The van der Waals surface area contributed by atoms with Crippen molar-refractivity contribution in [3.8, 4) is 0 Å². The molecule has 2 rings (SSSR count). The van der Waals surface area contributed by atoms with Crippen molar-refractivity contribution in [2.24, 2.45) is 16.3 Å². The van der Waals surface area contributed by atoms with Gasteiger partial charge in [0.05, 0.1) is 13.0 Å². The molecule has 2 aliphatic rings. The first kappa shape index (κ1) is 15.1. The van der Waals surface area contributed by atoms with Crippen LogP contribution < -0.4 is 5.32 Å². The number of likely N-dealkylation sites (tertiary alicyclic amines) is 1. The maximum atomic E-state index is 11.5. The molecule has 0 aromatic rings. The zero-order chi connectivity index (χ0) is 14.6. The lowest BCUT2D eigenvalue weighted by Gasteiger charge is -2.33. The molecule has 1 saturated heterocycles. The third kappa shape index (κ3) is 3.87. The molecule has 2 fully saturated rings. The van der Waals surface area contributed by atoms with E-state index in [1.807, 2.05) is 0 Å². The highest BCUT2D eigenvalue weighted by Crippen LogP contribution is 2.45. The molecule has 0 unspecified atom stereocenters. The van der Waals surface area contributed by atoms with E-state index in [2.05, 4.69) is 24.1 Å². The molecule has 20 heavy (non-hydrogen) atoms. The van der Waals surface area contributed by atoms with Crippen molar-refractivity contribution in [3.05, 3.63) is 0 Å². The molecule has 0 amide bonds. The smallest absolute Gasteiger partial charge is 0.308 e. The molecule has 1 saturated carbocycles. The van der Waals surface area contributed by atoms with Gasteiger partial charge in [0.2, 0.25) is 0 Å². The Morgan fingerprint density at radius 1 is 1.40 bits per heavy atom. The zero-order valence-corrected chi connectivity index (χ0v) is 12.9. The van der Waals surface area contributed by atoms with Crippen LogP contribution in [0.4, 0.5) is 0 Å². The normalized spacial score (nSPS) is 22.6. The summed E-state index contributed by atoms with van der Waals surface area (Å²) in [6.07, 6.45) is 4.29. The Morgan fingerprint density at radius 3 is 2.55 bits per heavy atom. The number of hydrogen-bond donors (Lipinski definition) is 1. The minimum Gasteiger partial charge on any atom is -0.469 e. The minimum atomic E-state index is -0.0721. The minimum absolute atomic E-state index is 0.0556. The molecule has 5 heteroatoms. The van der Waals surface area contributed by atoms with Crippen molar-refractivity contribution in [1.82, 2.24) is 10.2 Å². The van der Waals surface area contributed by atoms with E-state index in [1.165, 1.54) is 20.0 Å². The van der Waals surface area contributed by atoms with Crippen molar-refractivity contribution < 1.29 is 9.53 Å². The molecule has 5 nitrogen and oxygen atoms in total. The molecule has 0 aromatic carbocycles. The Labute approximate surface area is 121 Å². The second-order valence-electron chi connectivity index (χ2n) is 6.27. The first-order valence-corrected chi connectivity index (χ1v) is 7.69. The number of aliphatic imine (C=N–C) groups is 1. The summed E-state index contributed by atoms with van der Waals surface area (Å²) in [4.78, 5) is 18.6. The number of guanidine groups is 1. The van der Waals surface area contributed by atoms with Crippen LogP contribution in [-0.2, 0) is 9.53 Å². The van der Waals surface area contributed by atoms with Gasteiger partial charge in [0, 0.05) is 26.2 Å². The molecule has 0 aromatic heterocycles. The molecule has 0 atom stereocenters. The molecule has 114 valence electrons. The molecule has 1 N–H and O–H groups in total. The third-order valence-corrected chi connectivity index (χ3v) is 4.38. The molecule has 0 bridgehead atoms. The van der Waals surface area contributed by atoms with E-state index in [0.29, 0.717) is 5.41 Å². The number of hydrogen-bond acceptors (Lipinski definition) is 3. The second-order valence-corrected chi connectivity index (χ2v) is 6.27. The lowest BCUT2D eigenvalue weighted by atomic mass is 9.97. The van der Waals surface area contributed by atoms with Crippen LogP contribution in [0.1, 0.15) is 39.5 Å². The number of carbonyl (C=O) groups is 1. The fourth-order valence-corrected chi connectivity index (χ4v) is 2.56. The SMILES string of the molecule is CCNC(=NCC1(C)CC1)N1CCC(C(=O)OC)CC1. The maximum absolute atomic E-state index is 11.5. The lowest BCUT2D eigenvalue weighted by Crippen LogP contribution is -2.46. The highest BCUT2D eigenvalue weighted by atomic mass is 16.5. The van der Waals surface area contributed by atoms with E-state index in [-0.39, 0.29) is 11.9 Å². The average molecular weight is 281 g/mol. The van der Waals surface area contributed by atoms with Crippen molar-refractivity contribution >= 4 is 11.9 Å². The fraction of sp³-hybridized carbons (Fsp3) is 0.867. The Bertz CT molecular complexity index is 369. The van der Waals surface area contributed by atoms with Crippen LogP contribution in [0.15, 0.2) is 4.99 Å². The van der Waals surface area contributed by atoms with Crippen LogP contribution in [0.2, 0.25) is 0 Å². The predicted octanol–water partition coefficient (Wildman–Crippen LogP) is 1.64. The van der Waals surface area contributed by atoms with E-state index in [1.54, 1.807) is 0 Å². The predicted molar refractivity (Wildman–Crippen MR) is 79.6 cm³/mol. The standard InChI is InChI=1S/C15H27N3O2/c1-4-16-14(17-11-15(2)7-8-15)18-9-5-12(6-10-18)13(19)20-3/h12H,4-11H2,1-3H3,(H,16,17). The van der Waals surface area contributed by atoms with E-state index < -0.39 is 0 Å². The summed E-state index contributed by atoms with van der Waals surface area (Å²) < 4.78 is 4.83. The van der Waals surface area contributed by atoms with Gasteiger partial charge in [-0.3, -0.25) is 9.79 Å². The Balaban J connectivity index is 1.89. The van der Waals surface area contributed by atoms with Crippen LogP contribution >= 0.6 is 0 Å². The Morgan fingerprint density at radius 2 is 2.05 bits per heavy atom. The summed E-state index contributed by atoms with van der Waals surface area (Å²) >= 11 is 0. The zero-order valence-electron chi connectivity index (χ0n) is 12.9. The number of nitrogens with one attached hydrogen (secondary N) is 1. The van der Waals surface area contributed by atoms with Gasteiger partial charge >= 0.3 is 5.97 Å². The monoisotopic (exact) mass is 281 g/mol. The third-order valence-electron chi connectivity index (χ3n) is 4.38. The van der Waals surface area contributed by atoms with Gasteiger partial charge in [0.1, 0.15) is 0 Å². The fourth-order valence-electron chi connectivity index (χ4n) is 2.56. The molecule has 1 heterocycles. The summed E-state index contributed by atoms with van der Waals surface area (Å²) in [6, 6.07) is 0. The van der Waals surface area contributed by atoms with Crippen LogP contribution in [-0.4, -0.2) is 50.1 Å². The van der Waals surface area contributed by atoms with Crippen LogP contribution in [0.5, 0.6) is 0 Å². The molecule has 1 aliphatic heterocycles. The topological polar surface area (TPSA) is 53.9 Å². The number of nitrogens with zero attached hydrogens (tertiary/aromatic N) is 2. The van der Waals surface area contributed by atoms with Gasteiger partial charge in [0.25, 0.3) is 0 Å². The number of rotatable bonds is 4. The van der Waals surface area contributed by atoms with E-state index in [4.69, 9.17) is 9.73 Å². The summed E-state index contributed by atoms with van der Waals surface area (Å²) in [7, 11) is 1.47. The first-order chi connectivity index (χ1) is 9.58. The van der Waals surface area contributed by atoms with Crippen molar-refractivity contribution in [3.63, 3.8) is 0 Å². The molecule has 0 radical (unpaired) electrons. The maximum Gasteiger partial charge on any atom is 0.308 e. The average Bonchev–Trinajstić information content (AvgIpc) is 3.21. The number of piperidine rings is 1. The van der Waals surface area contributed by atoms with E-state index in [0.717, 1.165) is 45.0 Å². The lowest BCUT2D eigenvalue weighted by molar-refractivity contribution is -0.146. The van der Waals surface area contributed by atoms with Gasteiger partial charge in [-0.1, -0.05) is 6.92 Å². The van der Waals surface area contributed by atoms with Gasteiger partial charge < -0.3 is 15.0 Å². The van der Waals surface area contributed by atoms with Crippen LogP contribution in [0.3, 0.4) is 0 Å². The Hall–Kier alpha value is -1.26. The number of ether oxygens (including phenoxy) is 1. The molecular weight excluding hydrogens is 254 g/mol.